The molecule has 0 saturated carbocycles. The van der Waals surface area contributed by atoms with Crippen LogP contribution in [0.2, 0.25) is 0 Å². The van der Waals surface area contributed by atoms with Crippen LogP contribution in [0, 0.1) is 0 Å². The van der Waals surface area contributed by atoms with Crippen LogP contribution in [0.15, 0.2) is 97.1 Å². The van der Waals surface area contributed by atoms with Gasteiger partial charge in [0.15, 0.2) is 0 Å². The van der Waals surface area contributed by atoms with Crippen molar-refractivity contribution in [2.75, 3.05) is 26.2 Å². The fourth-order valence-corrected chi connectivity index (χ4v) is 3.79. The molecule has 0 aromatic heterocycles. The van der Waals surface area contributed by atoms with Gasteiger partial charge in [0.1, 0.15) is 12.4 Å². The molecule has 3 aromatic rings. The van der Waals surface area contributed by atoms with Crippen molar-refractivity contribution in [2.45, 2.75) is 13.8 Å². The summed E-state index contributed by atoms with van der Waals surface area (Å²) in [7, 11) is 0. The van der Waals surface area contributed by atoms with Crippen LogP contribution in [0.1, 0.15) is 30.5 Å². The third-order valence-corrected chi connectivity index (χ3v) is 5.80. The molecule has 3 aromatic carbocycles. The summed E-state index contributed by atoms with van der Waals surface area (Å²) in [6, 6.07) is 28.6. The Kier molecular flexibility index (Phi) is 12.7. The zero-order valence-electron chi connectivity index (χ0n) is 21.0. The van der Waals surface area contributed by atoms with Crippen LogP contribution in [0.5, 0.6) is 5.75 Å². The van der Waals surface area contributed by atoms with Gasteiger partial charge in [-0.1, -0.05) is 98.2 Å². The Balaban J connectivity index is 0.000000521. The normalized spacial score (nSPS) is 11.5. The number of carboxylic acid groups (broad SMARTS) is 2. The Labute approximate surface area is 223 Å². The number of hydrogen-bond donors (Lipinski definition) is 2. The summed E-state index contributed by atoms with van der Waals surface area (Å²) in [5, 5.41) is 16.4. The average molecular weight is 522 g/mol. The summed E-state index contributed by atoms with van der Waals surface area (Å²) in [6.45, 7) is 8.05. The van der Waals surface area contributed by atoms with Crippen LogP contribution < -0.4 is 4.74 Å². The lowest BCUT2D eigenvalue weighted by Gasteiger charge is -2.18. The van der Waals surface area contributed by atoms with Crippen LogP contribution in [-0.2, 0) is 9.59 Å². The third-order valence-electron chi connectivity index (χ3n) is 5.39. The van der Waals surface area contributed by atoms with E-state index >= 15 is 0 Å². The number of rotatable bonds is 11. The van der Waals surface area contributed by atoms with E-state index in [1.54, 1.807) is 0 Å². The Morgan fingerprint density at radius 1 is 0.757 bits per heavy atom. The molecule has 0 fully saturated rings. The maximum Gasteiger partial charge on any atom is 0.328 e. The lowest BCUT2D eigenvalue weighted by Crippen LogP contribution is -2.27. The number of aliphatic carboxylic acids is 2. The lowest BCUT2D eigenvalue weighted by molar-refractivity contribution is -0.134. The number of halogens is 1. The average Bonchev–Trinajstić information content (AvgIpc) is 2.92. The number of likely N-dealkylation sites (N-methyl/N-ethyl adjacent to an activating group) is 1. The summed E-state index contributed by atoms with van der Waals surface area (Å²) in [5.41, 5.74) is 4.19. The smallest absolute Gasteiger partial charge is 0.328 e. The van der Waals surface area contributed by atoms with Gasteiger partial charge in [0, 0.05) is 24.3 Å². The van der Waals surface area contributed by atoms with Crippen molar-refractivity contribution in [1.82, 2.24) is 4.90 Å². The topological polar surface area (TPSA) is 87.1 Å². The molecular formula is C30H32ClNO5. The van der Waals surface area contributed by atoms with Crippen LogP contribution >= 0.6 is 11.6 Å². The molecule has 0 atom stereocenters. The van der Waals surface area contributed by atoms with E-state index in [0.717, 1.165) is 52.7 Å². The molecule has 0 unspecified atom stereocenters. The van der Waals surface area contributed by atoms with Crippen molar-refractivity contribution in [2.24, 2.45) is 0 Å². The molecule has 37 heavy (non-hydrogen) atoms. The number of nitrogens with zero attached hydrogens (tertiary/aromatic N) is 1. The Bertz CT molecular complexity index is 1160. The van der Waals surface area contributed by atoms with Crippen molar-refractivity contribution in [3.8, 4) is 5.75 Å². The van der Waals surface area contributed by atoms with E-state index in [1.807, 2.05) is 60.7 Å². The summed E-state index contributed by atoms with van der Waals surface area (Å²) in [4.78, 5) is 21.5. The summed E-state index contributed by atoms with van der Waals surface area (Å²) < 4.78 is 5.94. The Hall–Kier alpha value is -3.87. The van der Waals surface area contributed by atoms with Gasteiger partial charge in [0.25, 0.3) is 0 Å². The fraction of sp³-hybridized carbons (Fsp3) is 0.200. The first-order valence-corrected chi connectivity index (χ1v) is 12.3. The van der Waals surface area contributed by atoms with Crippen LogP contribution in [0.4, 0.5) is 0 Å². The van der Waals surface area contributed by atoms with Gasteiger partial charge in [0.2, 0.25) is 0 Å². The van der Waals surface area contributed by atoms with Crippen molar-refractivity contribution >= 4 is 34.1 Å². The lowest BCUT2D eigenvalue weighted by atomic mass is 9.95. The Morgan fingerprint density at radius 2 is 1.22 bits per heavy atom. The van der Waals surface area contributed by atoms with E-state index in [9.17, 15) is 9.59 Å². The monoisotopic (exact) mass is 521 g/mol. The van der Waals surface area contributed by atoms with Gasteiger partial charge in [-0.2, -0.15) is 0 Å². The standard InChI is InChI=1S/C26H28ClNO.C4H4O4/c1-3-28(4-2)19-20-29-24-17-15-22(16-18-24)25(21-11-7-5-8-12-21)26(27)23-13-9-6-10-14-23;5-3(6)1-2-4(7)8/h5-18H,3-4,19-20H2,1-2H3;1-2H,(H,5,6)(H,7,8)/b26-25-;2-1-. The van der Waals surface area contributed by atoms with Crippen molar-refractivity contribution in [3.63, 3.8) is 0 Å². The second kappa shape index (κ2) is 16.0. The molecule has 0 aliphatic carbocycles. The van der Waals surface area contributed by atoms with Gasteiger partial charge in [0.05, 0.1) is 5.03 Å². The molecule has 6 nitrogen and oxygen atoms in total. The van der Waals surface area contributed by atoms with E-state index in [0.29, 0.717) is 18.8 Å². The molecule has 0 spiro atoms. The first-order chi connectivity index (χ1) is 17.8. The third kappa shape index (κ3) is 10.3. The van der Waals surface area contributed by atoms with Crippen LogP contribution in [0.3, 0.4) is 0 Å². The summed E-state index contributed by atoms with van der Waals surface area (Å²) in [5.74, 6) is -1.64. The maximum atomic E-state index is 9.55. The van der Waals surface area contributed by atoms with E-state index in [2.05, 4.69) is 43.0 Å². The van der Waals surface area contributed by atoms with Crippen LogP contribution in [-0.4, -0.2) is 53.3 Å². The fourth-order valence-electron chi connectivity index (χ4n) is 3.45. The first kappa shape index (κ1) is 29.4. The quantitative estimate of drug-likeness (QED) is 0.228. The number of ether oxygens (including phenoxy) is 1. The van der Waals surface area contributed by atoms with Crippen LogP contribution in [0.25, 0.3) is 10.6 Å². The molecule has 0 amide bonds. The van der Waals surface area contributed by atoms with Gasteiger partial charge in [-0.3, -0.25) is 0 Å². The van der Waals surface area contributed by atoms with Crippen molar-refractivity contribution < 1.29 is 24.5 Å². The van der Waals surface area contributed by atoms with Gasteiger partial charge < -0.3 is 19.8 Å². The molecule has 3 rings (SSSR count). The summed E-state index contributed by atoms with van der Waals surface area (Å²) in [6.07, 6.45) is 1.12. The minimum atomic E-state index is -1.26. The molecular weight excluding hydrogens is 490 g/mol. The maximum absolute atomic E-state index is 9.55. The molecule has 0 bridgehead atoms. The van der Waals surface area contributed by atoms with Gasteiger partial charge in [-0.15, -0.1) is 0 Å². The second-order valence-corrected chi connectivity index (χ2v) is 8.21. The zero-order chi connectivity index (χ0) is 27.0. The second-order valence-electron chi connectivity index (χ2n) is 7.83. The van der Waals surface area contributed by atoms with E-state index in [4.69, 9.17) is 26.6 Å². The molecule has 0 heterocycles. The number of carbonyl (C=O) groups is 2. The molecule has 194 valence electrons. The highest BCUT2D eigenvalue weighted by Gasteiger charge is 2.12. The highest BCUT2D eigenvalue weighted by atomic mass is 35.5. The minimum absolute atomic E-state index is 0.558. The predicted octanol–water partition coefficient (Wildman–Crippen LogP) is 6.27. The highest BCUT2D eigenvalue weighted by molar-refractivity contribution is 6.53. The van der Waals surface area contributed by atoms with Gasteiger partial charge in [-0.05, 0) is 41.9 Å². The minimum Gasteiger partial charge on any atom is -0.492 e. The Morgan fingerprint density at radius 3 is 1.68 bits per heavy atom. The molecule has 0 aliphatic rings. The largest absolute Gasteiger partial charge is 0.492 e. The molecule has 0 radical (unpaired) electrons. The van der Waals surface area contributed by atoms with Crippen molar-refractivity contribution in [1.29, 1.82) is 0 Å². The first-order valence-electron chi connectivity index (χ1n) is 12.0. The van der Waals surface area contributed by atoms with E-state index < -0.39 is 11.9 Å². The molecule has 0 aliphatic heterocycles. The highest BCUT2D eigenvalue weighted by Crippen LogP contribution is 2.35. The SMILES string of the molecule is CCN(CC)CCOc1ccc(/C(=C(\Cl)c2ccccc2)c2ccccc2)cc1.O=C(O)/C=C\C(=O)O. The van der Waals surface area contributed by atoms with E-state index in [-0.39, 0.29) is 0 Å². The number of carboxylic acids is 2. The molecule has 2 N–H and O–H groups in total. The molecule has 0 saturated heterocycles. The predicted molar refractivity (Wildman–Crippen MR) is 149 cm³/mol. The van der Waals surface area contributed by atoms with Gasteiger partial charge in [-0.25, -0.2) is 9.59 Å². The number of hydrogen-bond acceptors (Lipinski definition) is 4. The zero-order valence-corrected chi connectivity index (χ0v) is 21.8. The molecule has 7 heteroatoms. The van der Waals surface area contributed by atoms with E-state index in [1.165, 1.54) is 0 Å². The summed E-state index contributed by atoms with van der Waals surface area (Å²) >= 11 is 6.87. The number of benzene rings is 3. The van der Waals surface area contributed by atoms with Gasteiger partial charge >= 0.3 is 11.9 Å². The van der Waals surface area contributed by atoms with Crippen molar-refractivity contribution in [3.05, 3.63) is 114 Å².